The van der Waals surface area contributed by atoms with Gasteiger partial charge in [0, 0.05) is 4.88 Å². The van der Waals surface area contributed by atoms with E-state index in [1.54, 1.807) is 6.92 Å². The molecule has 2 amide bonds. The number of benzene rings is 1. The van der Waals surface area contributed by atoms with E-state index in [0.717, 1.165) is 41.5 Å². The quantitative estimate of drug-likeness (QED) is 0.530. The standard InChI is InChI=1S/C25H32N2O3S/c1-7-30-23(28)21-19-12-11-16(4)13-20(19)31-22(21)26-24(29)27-25(5,6)18-10-8-9-17(14-18)15(2)3/h8-10,14,16H,2,7,11-13H2,1,3-6H3,(H2,26,27,29). The van der Waals surface area contributed by atoms with Crippen molar-refractivity contribution >= 4 is 33.9 Å². The third kappa shape index (κ3) is 5.18. The van der Waals surface area contributed by atoms with Crippen molar-refractivity contribution in [2.75, 3.05) is 11.9 Å². The summed E-state index contributed by atoms with van der Waals surface area (Å²) in [5.74, 6) is 0.209. The minimum absolute atomic E-state index is 0.303. The van der Waals surface area contributed by atoms with Crippen molar-refractivity contribution in [3.63, 3.8) is 0 Å². The van der Waals surface area contributed by atoms with E-state index in [2.05, 4.69) is 24.1 Å². The van der Waals surface area contributed by atoms with Gasteiger partial charge in [0.05, 0.1) is 17.7 Å². The van der Waals surface area contributed by atoms with Crippen LogP contribution in [0, 0.1) is 5.92 Å². The Bertz CT molecular complexity index is 1010. The first-order chi connectivity index (χ1) is 14.6. The molecule has 2 aromatic rings. The zero-order valence-corrected chi connectivity index (χ0v) is 19.9. The van der Waals surface area contributed by atoms with Crippen molar-refractivity contribution in [1.29, 1.82) is 0 Å². The summed E-state index contributed by atoms with van der Waals surface area (Å²) in [4.78, 5) is 26.8. The number of ether oxygens (including phenoxy) is 1. The molecule has 6 heteroatoms. The largest absolute Gasteiger partial charge is 0.462 e. The highest BCUT2D eigenvalue weighted by molar-refractivity contribution is 7.17. The Labute approximate surface area is 188 Å². The fourth-order valence-electron chi connectivity index (χ4n) is 3.92. The number of anilines is 1. The van der Waals surface area contributed by atoms with Gasteiger partial charge in [-0.05, 0) is 75.6 Å². The number of nitrogens with one attached hydrogen (secondary N) is 2. The summed E-state index contributed by atoms with van der Waals surface area (Å²) < 4.78 is 5.30. The lowest BCUT2D eigenvalue weighted by Crippen LogP contribution is -2.43. The van der Waals surface area contributed by atoms with Crippen molar-refractivity contribution < 1.29 is 14.3 Å². The molecule has 1 aliphatic carbocycles. The maximum absolute atomic E-state index is 12.9. The number of thiophene rings is 1. The van der Waals surface area contributed by atoms with Crippen LogP contribution in [-0.2, 0) is 23.1 Å². The van der Waals surface area contributed by atoms with Gasteiger partial charge in [-0.15, -0.1) is 11.3 Å². The average Bonchev–Trinajstić information content (AvgIpc) is 3.04. The first-order valence-electron chi connectivity index (χ1n) is 10.8. The number of carbonyl (C=O) groups is 2. The first kappa shape index (κ1) is 23.1. The van der Waals surface area contributed by atoms with Gasteiger partial charge in [-0.25, -0.2) is 9.59 Å². The highest BCUT2D eigenvalue weighted by Crippen LogP contribution is 2.40. The van der Waals surface area contributed by atoms with E-state index in [9.17, 15) is 9.59 Å². The predicted molar refractivity (Wildman–Crippen MR) is 128 cm³/mol. The third-order valence-electron chi connectivity index (χ3n) is 5.72. The third-order valence-corrected chi connectivity index (χ3v) is 6.89. The molecule has 1 atom stereocenters. The number of esters is 1. The lowest BCUT2D eigenvalue weighted by Gasteiger charge is -2.27. The summed E-state index contributed by atoms with van der Waals surface area (Å²) in [5, 5.41) is 6.56. The van der Waals surface area contributed by atoms with Crippen LogP contribution < -0.4 is 10.6 Å². The summed E-state index contributed by atoms with van der Waals surface area (Å²) in [6.45, 7) is 14.2. The fourth-order valence-corrected chi connectivity index (χ4v) is 5.32. The average molecular weight is 441 g/mol. The molecule has 1 unspecified atom stereocenters. The van der Waals surface area contributed by atoms with Crippen LogP contribution in [-0.4, -0.2) is 18.6 Å². The Morgan fingerprint density at radius 1 is 1.32 bits per heavy atom. The van der Waals surface area contributed by atoms with Crippen LogP contribution in [0.15, 0.2) is 30.8 Å². The Morgan fingerprint density at radius 3 is 2.74 bits per heavy atom. The lowest BCUT2D eigenvalue weighted by molar-refractivity contribution is 0.0526. The van der Waals surface area contributed by atoms with E-state index in [1.807, 2.05) is 45.0 Å². The van der Waals surface area contributed by atoms with Gasteiger partial charge < -0.3 is 10.1 Å². The van der Waals surface area contributed by atoms with Crippen LogP contribution in [0.2, 0.25) is 0 Å². The topological polar surface area (TPSA) is 67.4 Å². The number of urea groups is 1. The monoisotopic (exact) mass is 440 g/mol. The van der Waals surface area contributed by atoms with E-state index < -0.39 is 5.54 Å². The molecule has 3 rings (SSSR count). The van der Waals surface area contributed by atoms with Crippen molar-refractivity contribution in [3.05, 3.63) is 58.0 Å². The SMILES string of the molecule is C=C(C)c1cccc(C(C)(C)NC(=O)Nc2sc3c(c2C(=O)OCC)CCC(C)C3)c1. The summed E-state index contributed by atoms with van der Waals surface area (Å²) in [6.07, 6.45) is 2.80. The van der Waals surface area contributed by atoms with Gasteiger partial charge in [0.1, 0.15) is 5.00 Å². The second-order valence-corrected chi connectivity index (χ2v) is 9.95. The normalized spacial score (nSPS) is 15.7. The second-order valence-electron chi connectivity index (χ2n) is 8.84. The molecular weight excluding hydrogens is 408 g/mol. The minimum atomic E-state index is -0.606. The molecule has 5 nitrogen and oxygen atoms in total. The van der Waals surface area contributed by atoms with Crippen molar-refractivity contribution in [3.8, 4) is 0 Å². The minimum Gasteiger partial charge on any atom is -0.462 e. The molecule has 0 saturated heterocycles. The molecule has 1 heterocycles. The molecule has 31 heavy (non-hydrogen) atoms. The van der Waals surface area contributed by atoms with Crippen LogP contribution >= 0.6 is 11.3 Å². The highest BCUT2D eigenvalue weighted by Gasteiger charge is 2.30. The zero-order valence-electron chi connectivity index (χ0n) is 19.1. The van der Waals surface area contributed by atoms with E-state index in [0.29, 0.717) is 23.1 Å². The number of hydrogen-bond donors (Lipinski definition) is 2. The maximum atomic E-state index is 12.9. The summed E-state index contributed by atoms with van der Waals surface area (Å²) >= 11 is 1.49. The zero-order chi connectivity index (χ0) is 22.8. The molecule has 0 radical (unpaired) electrons. The number of rotatable bonds is 6. The molecule has 0 saturated carbocycles. The number of carbonyl (C=O) groups excluding carboxylic acids is 2. The molecule has 1 aliphatic rings. The predicted octanol–water partition coefficient (Wildman–Crippen LogP) is 6.14. The van der Waals surface area contributed by atoms with Crippen LogP contribution in [0.3, 0.4) is 0 Å². The Kier molecular flexibility index (Phi) is 6.90. The summed E-state index contributed by atoms with van der Waals surface area (Å²) in [5.41, 5.74) is 3.94. The van der Waals surface area contributed by atoms with Gasteiger partial charge in [-0.2, -0.15) is 0 Å². The molecule has 1 aromatic carbocycles. The number of fused-ring (bicyclic) bond motifs is 1. The number of amides is 2. The van der Waals surface area contributed by atoms with E-state index >= 15 is 0 Å². The van der Waals surface area contributed by atoms with Crippen molar-refractivity contribution in [2.45, 2.75) is 59.4 Å². The Hall–Kier alpha value is -2.60. The van der Waals surface area contributed by atoms with Gasteiger partial charge in [0.25, 0.3) is 0 Å². The van der Waals surface area contributed by atoms with Gasteiger partial charge in [0.2, 0.25) is 0 Å². The molecule has 0 bridgehead atoms. The summed E-state index contributed by atoms with van der Waals surface area (Å²) in [6, 6.07) is 7.65. The number of allylic oxidation sites excluding steroid dienone is 1. The van der Waals surface area contributed by atoms with Gasteiger partial charge in [0.15, 0.2) is 0 Å². The van der Waals surface area contributed by atoms with Gasteiger partial charge in [-0.1, -0.05) is 37.3 Å². The Balaban J connectivity index is 1.83. The summed E-state index contributed by atoms with van der Waals surface area (Å²) in [7, 11) is 0. The van der Waals surface area contributed by atoms with Crippen molar-refractivity contribution in [1.82, 2.24) is 5.32 Å². The molecule has 1 aromatic heterocycles. The van der Waals surface area contributed by atoms with Crippen LogP contribution in [0.4, 0.5) is 9.80 Å². The van der Waals surface area contributed by atoms with E-state index in [-0.39, 0.29) is 12.0 Å². The van der Waals surface area contributed by atoms with Gasteiger partial charge >= 0.3 is 12.0 Å². The second kappa shape index (κ2) is 9.27. The Morgan fingerprint density at radius 2 is 2.06 bits per heavy atom. The molecule has 0 fully saturated rings. The van der Waals surface area contributed by atoms with E-state index in [4.69, 9.17) is 4.74 Å². The molecule has 2 N–H and O–H groups in total. The van der Waals surface area contributed by atoms with Crippen LogP contribution in [0.1, 0.15) is 73.0 Å². The van der Waals surface area contributed by atoms with Crippen LogP contribution in [0.5, 0.6) is 0 Å². The number of hydrogen-bond acceptors (Lipinski definition) is 4. The maximum Gasteiger partial charge on any atom is 0.341 e. The van der Waals surface area contributed by atoms with Crippen LogP contribution in [0.25, 0.3) is 5.57 Å². The smallest absolute Gasteiger partial charge is 0.341 e. The molecular formula is C25H32N2O3S. The van der Waals surface area contributed by atoms with E-state index in [1.165, 1.54) is 16.2 Å². The molecule has 0 aliphatic heterocycles. The lowest BCUT2D eigenvalue weighted by atomic mass is 9.88. The van der Waals surface area contributed by atoms with Crippen molar-refractivity contribution in [2.24, 2.45) is 5.92 Å². The fraction of sp³-hybridized carbons (Fsp3) is 0.440. The highest BCUT2D eigenvalue weighted by atomic mass is 32.1. The molecule has 166 valence electrons. The van der Waals surface area contributed by atoms with Gasteiger partial charge in [-0.3, -0.25) is 5.32 Å². The molecule has 0 spiro atoms. The first-order valence-corrected chi connectivity index (χ1v) is 11.6.